The van der Waals surface area contributed by atoms with Crippen LogP contribution in [-0.4, -0.2) is 27.9 Å². The van der Waals surface area contributed by atoms with Gasteiger partial charge in [0, 0.05) is 0 Å². The van der Waals surface area contributed by atoms with Gasteiger partial charge in [-0.15, -0.1) is 0 Å². The summed E-state index contributed by atoms with van der Waals surface area (Å²) in [5.41, 5.74) is 0.833. The highest BCUT2D eigenvalue weighted by molar-refractivity contribution is 6.27. The third-order valence-electron chi connectivity index (χ3n) is 1.17. The zero-order valence-electron chi connectivity index (χ0n) is 7.70. The Labute approximate surface area is 75.7 Å². The van der Waals surface area contributed by atoms with E-state index in [4.69, 9.17) is 19.8 Å². The lowest BCUT2D eigenvalue weighted by atomic mass is 10.2. The van der Waals surface area contributed by atoms with Crippen molar-refractivity contribution in [3.05, 3.63) is 11.6 Å². The third-order valence-corrected chi connectivity index (χ3v) is 1.17. The summed E-state index contributed by atoms with van der Waals surface area (Å²) in [6.45, 7) is 5.23. The smallest absolute Gasteiger partial charge is 0.414 e. The van der Waals surface area contributed by atoms with E-state index >= 15 is 0 Å². The Bertz CT molecular complexity index is 227. The number of Topliss-reactive ketones (excluding diaryl/α,β-unsaturated/α-hetero) is 1. The first kappa shape index (κ1) is 13.9. The molecule has 0 amide bonds. The van der Waals surface area contributed by atoms with Gasteiger partial charge in [-0.2, -0.15) is 0 Å². The highest BCUT2D eigenvalue weighted by atomic mass is 16.4. The van der Waals surface area contributed by atoms with Crippen molar-refractivity contribution in [3.63, 3.8) is 0 Å². The summed E-state index contributed by atoms with van der Waals surface area (Å²) in [5.74, 6) is -3.49. The molecule has 2 N–H and O–H groups in total. The number of carbonyl (C=O) groups excluding carboxylic acids is 1. The van der Waals surface area contributed by atoms with Crippen LogP contribution < -0.4 is 0 Å². The van der Waals surface area contributed by atoms with E-state index in [1.807, 2.05) is 19.9 Å². The van der Waals surface area contributed by atoms with E-state index < -0.39 is 11.9 Å². The number of carboxylic acids is 2. The molecule has 0 saturated carbocycles. The molecule has 0 radical (unpaired) electrons. The van der Waals surface area contributed by atoms with Crippen molar-refractivity contribution >= 4 is 17.7 Å². The maximum absolute atomic E-state index is 10.3. The van der Waals surface area contributed by atoms with Crippen LogP contribution in [0.1, 0.15) is 20.8 Å². The van der Waals surface area contributed by atoms with Crippen LogP contribution in [0.25, 0.3) is 0 Å². The number of carbonyl (C=O) groups is 3. The van der Waals surface area contributed by atoms with Crippen molar-refractivity contribution in [1.29, 1.82) is 0 Å². The maximum atomic E-state index is 10.3. The van der Waals surface area contributed by atoms with Gasteiger partial charge in [0.2, 0.25) is 0 Å². The summed E-state index contributed by atoms with van der Waals surface area (Å²) in [6, 6.07) is 0. The van der Waals surface area contributed by atoms with Gasteiger partial charge in [-0.3, -0.25) is 4.79 Å². The van der Waals surface area contributed by atoms with Crippen LogP contribution in [0.4, 0.5) is 0 Å². The van der Waals surface area contributed by atoms with E-state index in [9.17, 15) is 4.79 Å². The first-order valence-corrected chi connectivity index (χ1v) is 3.43. The molecule has 74 valence electrons. The molecule has 0 spiro atoms. The Kier molecular flexibility index (Phi) is 7.51. The molecule has 5 heteroatoms. The van der Waals surface area contributed by atoms with Gasteiger partial charge < -0.3 is 10.2 Å². The molecule has 0 aromatic rings. The number of carboxylic acid groups (broad SMARTS) is 2. The quantitative estimate of drug-likeness (QED) is 0.466. The molecule has 0 unspecified atom stereocenters. The number of allylic oxidation sites excluding steroid dienone is 2. The fourth-order valence-corrected chi connectivity index (χ4v) is 0.203. The number of ketones is 1. The van der Waals surface area contributed by atoms with Crippen molar-refractivity contribution in [2.24, 2.45) is 0 Å². The van der Waals surface area contributed by atoms with Crippen LogP contribution in [0.5, 0.6) is 0 Å². The number of hydrogen-bond acceptors (Lipinski definition) is 3. The van der Waals surface area contributed by atoms with Crippen molar-refractivity contribution in [2.75, 3.05) is 0 Å². The van der Waals surface area contributed by atoms with Gasteiger partial charge in [0.15, 0.2) is 5.78 Å². The van der Waals surface area contributed by atoms with E-state index in [0.29, 0.717) is 0 Å². The molecule has 0 aliphatic heterocycles. The molecule has 0 fully saturated rings. The number of hydrogen-bond donors (Lipinski definition) is 2. The van der Waals surface area contributed by atoms with Gasteiger partial charge in [0.25, 0.3) is 0 Å². The second-order valence-corrected chi connectivity index (χ2v) is 2.14. The Hall–Kier alpha value is -1.65. The minimum atomic E-state index is -1.82. The van der Waals surface area contributed by atoms with Gasteiger partial charge in [-0.1, -0.05) is 6.08 Å². The first-order chi connectivity index (χ1) is 5.82. The summed E-state index contributed by atoms with van der Waals surface area (Å²) < 4.78 is 0. The predicted octanol–water partition coefficient (Wildman–Crippen LogP) is 0.697. The summed E-state index contributed by atoms with van der Waals surface area (Å²) in [6.07, 6.45) is 1.81. The zero-order chi connectivity index (χ0) is 11.0. The van der Waals surface area contributed by atoms with Crippen molar-refractivity contribution in [2.45, 2.75) is 20.8 Å². The van der Waals surface area contributed by atoms with Crippen LogP contribution in [0.15, 0.2) is 11.6 Å². The molecule has 0 heterocycles. The van der Waals surface area contributed by atoms with E-state index in [0.717, 1.165) is 5.57 Å². The van der Waals surface area contributed by atoms with Gasteiger partial charge in [-0.05, 0) is 26.3 Å². The maximum Gasteiger partial charge on any atom is 0.414 e. The molecule has 0 aromatic heterocycles. The molecule has 0 atom stereocenters. The van der Waals surface area contributed by atoms with E-state index in [2.05, 4.69) is 0 Å². The van der Waals surface area contributed by atoms with Crippen LogP contribution in [0.3, 0.4) is 0 Å². The van der Waals surface area contributed by atoms with E-state index in [-0.39, 0.29) is 5.78 Å². The lowest BCUT2D eigenvalue weighted by molar-refractivity contribution is -0.159. The molecule has 0 aliphatic carbocycles. The van der Waals surface area contributed by atoms with Crippen LogP contribution in [0.2, 0.25) is 0 Å². The molecule has 0 rings (SSSR count). The lowest BCUT2D eigenvalue weighted by Crippen LogP contribution is -2.09. The van der Waals surface area contributed by atoms with Gasteiger partial charge in [0.05, 0.1) is 0 Å². The van der Waals surface area contributed by atoms with E-state index in [1.165, 1.54) is 0 Å². The average molecular weight is 188 g/mol. The van der Waals surface area contributed by atoms with Crippen molar-refractivity contribution in [1.82, 2.24) is 0 Å². The highest BCUT2D eigenvalue weighted by Gasteiger charge is 2.04. The summed E-state index contributed by atoms with van der Waals surface area (Å²) in [5, 5.41) is 14.8. The Balaban J connectivity index is 0. The Morgan fingerprint density at radius 3 is 1.31 bits per heavy atom. The van der Waals surface area contributed by atoms with Crippen LogP contribution in [0, 0.1) is 0 Å². The summed E-state index contributed by atoms with van der Waals surface area (Å²) >= 11 is 0. The van der Waals surface area contributed by atoms with Gasteiger partial charge in [-0.25, -0.2) is 9.59 Å². The second-order valence-electron chi connectivity index (χ2n) is 2.14. The number of rotatable bonds is 1. The van der Waals surface area contributed by atoms with Gasteiger partial charge in [0.1, 0.15) is 0 Å². The predicted molar refractivity (Wildman–Crippen MR) is 45.4 cm³/mol. The molecule has 0 saturated heterocycles. The molecule has 5 nitrogen and oxygen atoms in total. The topological polar surface area (TPSA) is 91.7 Å². The minimum Gasteiger partial charge on any atom is -0.473 e. The third kappa shape index (κ3) is 10.4. The molecule has 0 aromatic carbocycles. The van der Waals surface area contributed by atoms with Gasteiger partial charge >= 0.3 is 11.9 Å². The molecule has 0 aliphatic rings. The SMILES string of the molecule is CC=C(C)C(C)=O.O=C(O)C(=O)O. The Morgan fingerprint density at radius 2 is 1.31 bits per heavy atom. The van der Waals surface area contributed by atoms with Crippen LogP contribution in [-0.2, 0) is 14.4 Å². The largest absolute Gasteiger partial charge is 0.473 e. The zero-order valence-corrected chi connectivity index (χ0v) is 7.70. The molecular weight excluding hydrogens is 176 g/mol. The van der Waals surface area contributed by atoms with Crippen LogP contribution >= 0.6 is 0 Å². The lowest BCUT2D eigenvalue weighted by Gasteiger charge is -1.85. The second kappa shape index (κ2) is 7.02. The summed E-state index contributed by atoms with van der Waals surface area (Å²) in [4.78, 5) is 28.5. The highest BCUT2D eigenvalue weighted by Crippen LogP contribution is 1.90. The van der Waals surface area contributed by atoms with Crippen molar-refractivity contribution in [3.8, 4) is 0 Å². The standard InChI is InChI=1S/C6H10O.C2H2O4/c1-4-5(2)6(3)7;3-1(4)2(5)6/h4H,1-3H3;(H,3,4)(H,5,6). The molecule has 13 heavy (non-hydrogen) atoms. The fourth-order valence-electron chi connectivity index (χ4n) is 0.203. The first-order valence-electron chi connectivity index (χ1n) is 3.43. The minimum absolute atomic E-state index is 0.155. The fraction of sp³-hybridized carbons (Fsp3) is 0.375. The monoisotopic (exact) mass is 188 g/mol. The molecule has 0 bridgehead atoms. The Morgan fingerprint density at radius 1 is 1.00 bits per heavy atom. The summed E-state index contributed by atoms with van der Waals surface area (Å²) in [7, 11) is 0. The van der Waals surface area contributed by atoms with E-state index in [1.54, 1.807) is 6.92 Å². The van der Waals surface area contributed by atoms with Crippen molar-refractivity contribution < 1.29 is 24.6 Å². The molecular formula is C8H12O5. The normalized spacial score (nSPS) is 9.62. The average Bonchev–Trinajstić information content (AvgIpc) is 2.03. The number of aliphatic carboxylic acids is 2.